The van der Waals surface area contributed by atoms with Crippen LogP contribution in [0, 0.1) is 0 Å². The molecule has 0 radical (unpaired) electrons. The number of nitrogens with zero attached hydrogens (tertiary/aromatic N) is 5. The number of rotatable bonds is 13. The Morgan fingerprint density at radius 1 is 0.930 bits per heavy atom. The van der Waals surface area contributed by atoms with E-state index in [-0.39, 0.29) is 74.4 Å². The molecular weight excluding hydrogens is 719 g/mol. The van der Waals surface area contributed by atoms with E-state index in [9.17, 15) is 24.3 Å². The third-order valence-corrected chi connectivity index (χ3v) is 10.6. The first-order chi connectivity index (χ1) is 27.5. The molecule has 0 unspecified atom stereocenters. The lowest BCUT2D eigenvalue weighted by molar-refractivity contribution is -0.205. The van der Waals surface area contributed by atoms with Crippen LogP contribution >= 0.6 is 0 Å². The number of hydrogen-bond acceptors (Lipinski definition) is 7. The summed E-state index contributed by atoms with van der Waals surface area (Å²) in [7, 11) is 1.97. The molecular formula is C45H49N7O5. The van der Waals surface area contributed by atoms with E-state index in [0.29, 0.717) is 12.0 Å². The SMILES string of the molecule is C=CCN1CC(=O)N2[C@@H](Cc3ccc(O)cc3)C(=O)N(Cc3cccc4c(-c5ccc(C(=O)NNC(C)C)cc5)cn(C)c34)C[C@@H]2N1C(=O)CCc1ccccc1. The molecule has 4 amide bonds. The van der Waals surface area contributed by atoms with E-state index in [1.807, 2.05) is 75.5 Å². The Hall–Kier alpha value is -6.24. The first kappa shape index (κ1) is 39.0. The van der Waals surface area contributed by atoms with E-state index in [0.717, 1.165) is 38.7 Å². The van der Waals surface area contributed by atoms with Crippen LogP contribution in [0.3, 0.4) is 0 Å². The minimum absolute atomic E-state index is 0.0646. The lowest BCUT2D eigenvalue weighted by Gasteiger charge is -2.55. The molecule has 2 fully saturated rings. The Labute approximate surface area is 332 Å². The van der Waals surface area contributed by atoms with Gasteiger partial charge < -0.3 is 19.5 Å². The fraction of sp³-hybridized carbons (Fsp3) is 0.289. The molecule has 2 saturated heterocycles. The van der Waals surface area contributed by atoms with Gasteiger partial charge in [0.05, 0.1) is 18.6 Å². The normalized spacial score (nSPS) is 17.3. The van der Waals surface area contributed by atoms with Gasteiger partial charge in [0.2, 0.25) is 17.7 Å². The number of carbonyl (C=O) groups excluding carboxylic acids is 4. The zero-order valence-corrected chi connectivity index (χ0v) is 32.6. The molecule has 3 N–H and O–H groups in total. The van der Waals surface area contributed by atoms with Crippen LogP contribution in [0.1, 0.15) is 47.3 Å². The van der Waals surface area contributed by atoms with E-state index < -0.39 is 12.2 Å². The van der Waals surface area contributed by atoms with E-state index in [4.69, 9.17) is 0 Å². The minimum atomic E-state index is -0.884. The van der Waals surface area contributed by atoms with Crippen LogP contribution in [0.25, 0.3) is 22.0 Å². The summed E-state index contributed by atoms with van der Waals surface area (Å²) in [6, 6.07) is 29.2. The largest absolute Gasteiger partial charge is 0.508 e. The predicted octanol–water partition coefficient (Wildman–Crippen LogP) is 5.18. The van der Waals surface area contributed by atoms with E-state index in [1.165, 1.54) is 0 Å². The maximum atomic E-state index is 14.7. The van der Waals surface area contributed by atoms with Crippen LogP contribution in [-0.2, 0) is 40.8 Å². The van der Waals surface area contributed by atoms with Crippen LogP contribution < -0.4 is 10.9 Å². The van der Waals surface area contributed by atoms with Gasteiger partial charge in [0.25, 0.3) is 5.91 Å². The van der Waals surface area contributed by atoms with Crippen molar-refractivity contribution in [1.29, 1.82) is 0 Å². The third-order valence-electron chi connectivity index (χ3n) is 10.6. The quantitative estimate of drug-likeness (QED) is 0.111. The molecule has 57 heavy (non-hydrogen) atoms. The highest BCUT2D eigenvalue weighted by molar-refractivity contribution is 5.99. The summed E-state index contributed by atoms with van der Waals surface area (Å²) in [5.74, 6) is -0.705. The molecule has 5 aromatic rings. The average molecular weight is 768 g/mol. The molecule has 12 heteroatoms. The van der Waals surface area contributed by atoms with Gasteiger partial charge >= 0.3 is 0 Å². The van der Waals surface area contributed by atoms with Crippen LogP contribution in [-0.4, -0.2) is 91.0 Å². The highest BCUT2D eigenvalue weighted by Crippen LogP contribution is 2.35. The number of hydrogen-bond donors (Lipinski definition) is 3. The highest BCUT2D eigenvalue weighted by atomic mass is 16.3. The Morgan fingerprint density at radius 3 is 2.37 bits per heavy atom. The second-order valence-corrected chi connectivity index (χ2v) is 15.0. The average Bonchev–Trinajstić information content (AvgIpc) is 3.55. The molecule has 0 spiro atoms. The van der Waals surface area contributed by atoms with Gasteiger partial charge in [-0.15, -0.1) is 6.58 Å². The fourth-order valence-electron chi connectivity index (χ4n) is 7.97. The number of benzene rings is 4. The van der Waals surface area contributed by atoms with Crippen molar-refractivity contribution in [3.05, 3.63) is 138 Å². The number of nitrogens with one attached hydrogen (secondary N) is 2. The van der Waals surface area contributed by atoms with Crippen molar-refractivity contribution < 1.29 is 24.3 Å². The van der Waals surface area contributed by atoms with E-state index in [1.54, 1.807) is 62.3 Å². The molecule has 2 aliphatic rings. The number of hydrazine groups is 2. The molecule has 1 aromatic heterocycles. The summed E-state index contributed by atoms with van der Waals surface area (Å²) in [6.07, 6.45) is 3.95. The van der Waals surface area contributed by atoms with Gasteiger partial charge in [0.15, 0.2) is 0 Å². The van der Waals surface area contributed by atoms with Crippen molar-refractivity contribution >= 4 is 34.5 Å². The van der Waals surface area contributed by atoms with Gasteiger partial charge in [-0.2, -0.15) is 0 Å². The monoisotopic (exact) mass is 767 g/mol. The van der Waals surface area contributed by atoms with Crippen LogP contribution in [0.5, 0.6) is 5.75 Å². The predicted molar refractivity (Wildman–Crippen MR) is 219 cm³/mol. The van der Waals surface area contributed by atoms with Crippen LogP contribution in [0.15, 0.2) is 116 Å². The van der Waals surface area contributed by atoms with Crippen LogP contribution in [0.2, 0.25) is 0 Å². The van der Waals surface area contributed by atoms with Crippen molar-refractivity contribution in [3.63, 3.8) is 0 Å². The Morgan fingerprint density at radius 2 is 1.67 bits per heavy atom. The van der Waals surface area contributed by atoms with Gasteiger partial charge in [0.1, 0.15) is 18.0 Å². The molecule has 7 rings (SSSR count). The summed E-state index contributed by atoms with van der Waals surface area (Å²) >= 11 is 0. The molecule has 0 aliphatic carbocycles. The lowest BCUT2D eigenvalue weighted by Crippen LogP contribution is -2.75. The van der Waals surface area contributed by atoms with E-state index >= 15 is 0 Å². The molecule has 3 heterocycles. The second kappa shape index (κ2) is 16.9. The third kappa shape index (κ3) is 8.33. The van der Waals surface area contributed by atoms with Crippen LogP contribution in [0.4, 0.5) is 0 Å². The van der Waals surface area contributed by atoms with Crippen molar-refractivity contribution in [2.45, 2.75) is 57.9 Å². The molecule has 0 bridgehead atoms. The molecule has 0 saturated carbocycles. The number of aryl methyl sites for hydroxylation is 2. The smallest absolute Gasteiger partial charge is 0.265 e. The van der Waals surface area contributed by atoms with Gasteiger partial charge in [-0.25, -0.2) is 15.4 Å². The summed E-state index contributed by atoms with van der Waals surface area (Å²) in [4.78, 5) is 59.1. The Kier molecular flexibility index (Phi) is 11.5. The Balaban J connectivity index is 1.22. The summed E-state index contributed by atoms with van der Waals surface area (Å²) in [5, 5.41) is 14.4. The Bertz CT molecular complexity index is 2270. The molecule has 12 nitrogen and oxygen atoms in total. The number of phenols is 1. The fourth-order valence-corrected chi connectivity index (χ4v) is 7.97. The van der Waals surface area contributed by atoms with Gasteiger partial charge in [0, 0.05) is 61.7 Å². The summed E-state index contributed by atoms with van der Waals surface area (Å²) in [5.41, 5.74) is 11.8. The number of fused-ring (bicyclic) bond motifs is 2. The molecule has 4 aromatic carbocycles. The summed E-state index contributed by atoms with van der Waals surface area (Å²) in [6.45, 7) is 8.38. The highest BCUT2D eigenvalue weighted by Gasteiger charge is 2.51. The number of phenolic OH excluding ortho intramolecular Hbond substituents is 1. The zero-order chi connectivity index (χ0) is 40.2. The maximum absolute atomic E-state index is 14.7. The number of aromatic hydroxyl groups is 1. The molecule has 2 atom stereocenters. The number of piperazine rings is 1. The van der Waals surface area contributed by atoms with Crippen molar-refractivity contribution in [2.75, 3.05) is 19.6 Å². The van der Waals surface area contributed by atoms with E-state index in [2.05, 4.69) is 34.3 Å². The number of aromatic nitrogens is 1. The number of para-hydroxylation sites is 1. The van der Waals surface area contributed by atoms with Gasteiger partial charge in [-0.1, -0.05) is 78.9 Å². The van der Waals surface area contributed by atoms with Crippen molar-refractivity contribution in [1.82, 2.24) is 35.2 Å². The van der Waals surface area contributed by atoms with Crippen molar-refractivity contribution in [2.24, 2.45) is 7.05 Å². The molecule has 294 valence electrons. The second-order valence-electron chi connectivity index (χ2n) is 15.0. The maximum Gasteiger partial charge on any atom is 0.265 e. The molecule has 2 aliphatic heterocycles. The summed E-state index contributed by atoms with van der Waals surface area (Å²) < 4.78 is 2.05. The minimum Gasteiger partial charge on any atom is -0.508 e. The number of carbonyl (C=O) groups is 4. The number of amides is 4. The topological polar surface area (TPSA) is 130 Å². The van der Waals surface area contributed by atoms with Crippen molar-refractivity contribution in [3.8, 4) is 16.9 Å². The van der Waals surface area contributed by atoms with Gasteiger partial charge in [-0.05, 0) is 66.8 Å². The lowest BCUT2D eigenvalue weighted by atomic mass is 9.97. The van der Waals surface area contributed by atoms with Gasteiger partial charge in [-0.3, -0.25) is 24.6 Å². The standard InChI is InChI=1S/C45H49N7O5/c1-5-24-50-29-42(55)51-39(25-32-14-21-36(53)22-15-32)45(57)49(28-40(51)52(50)41(54)23-16-31-10-7-6-8-11-31)26-35-12-9-13-37-38(27-48(4)43(35)37)33-17-19-34(20-18-33)44(56)47-46-30(2)3/h5-15,17-22,27,30,39-40,46,53H,1,16,23-26,28-29H2,2-4H3,(H,47,56)/t39-,40-/m0/s1. The zero-order valence-electron chi connectivity index (χ0n) is 32.6. The first-order valence-corrected chi connectivity index (χ1v) is 19.3. The first-order valence-electron chi connectivity index (χ1n) is 19.3.